The number of hydrogen-bond acceptors (Lipinski definition) is 3. The van der Waals surface area contributed by atoms with Gasteiger partial charge in [0.1, 0.15) is 5.78 Å². The molecule has 1 saturated heterocycles. The van der Waals surface area contributed by atoms with Gasteiger partial charge in [-0.2, -0.15) is 11.8 Å². The Kier molecular flexibility index (Phi) is 3.80. The van der Waals surface area contributed by atoms with Crippen molar-refractivity contribution in [2.75, 3.05) is 25.4 Å². The summed E-state index contributed by atoms with van der Waals surface area (Å²) >= 11 is 2.03. The van der Waals surface area contributed by atoms with Crippen molar-refractivity contribution in [3.05, 3.63) is 0 Å². The summed E-state index contributed by atoms with van der Waals surface area (Å²) in [6, 6.07) is 0. The van der Waals surface area contributed by atoms with Gasteiger partial charge in [0, 0.05) is 36.6 Å². The Morgan fingerprint density at radius 1 is 1.54 bits per heavy atom. The van der Waals surface area contributed by atoms with Crippen LogP contribution in [0.5, 0.6) is 0 Å². The third-order valence-corrected chi connectivity index (χ3v) is 3.58. The molecule has 1 heterocycles. The molecule has 0 unspecified atom stereocenters. The van der Waals surface area contributed by atoms with E-state index in [9.17, 15) is 4.79 Å². The number of ketones is 1. The zero-order chi connectivity index (χ0) is 9.90. The van der Waals surface area contributed by atoms with Crippen LogP contribution in [0.1, 0.15) is 27.2 Å². The number of rotatable bonds is 3. The van der Waals surface area contributed by atoms with Crippen molar-refractivity contribution in [2.45, 2.75) is 31.9 Å². The Labute approximate surface area is 85.1 Å². The second-order valence-corrected chi connectivity index (χ2v) is 6.14. The van der Waals surface area contributed by atoms with Gasteiger partial charge in [-0.25, -0.2) is 0 Å². The van der Waals surface area contributed by atoms with Gasteiger partial charge in [-0.15, -0.1) is 0 Å². The molecule has 1 fully saturated rings. The largest absolute Gasteiger partial charge is 0.301 e. The van der Waals surface area contributed by atoms with E-state index in [0.717, 1.165) is 19.6 Å². The number of hydrogen-bond donors (Lipinski definition) is 0. The van der Waals surface area contributed by atoms with E-state index in [1.807, 2.05) is 11.8 Å². The zero-order valence-corrected chi connectivity index (χ0v) is 9.62. The molecule has 76 valence electrons. The van der Waals surface area contributed by atoms with Crippen LogP contribution in [0.2, 0.25) is 0 Å². The van der Waals surface area contributed by atoms with E-state index in [4.69, 9.17) is 0 Å². The first kappa shape index (κ1) is 11.1. The predicted molar refractivity (Wildman–Crippen MR) is 58.3 cm³/mol. The first-order chi connectivity index (χ1) is 5.99. The molecule has 3 heteroatoms. The maximum atomic E-state index is 10.8. The molecule has 1 rings (SSSR count). The summed E-state index contributed by atoms with van der Waals surface area (Å²) in [4.78, 5) is 13.2. The van der Waals surface area contributed by atoms with Crippen molar-refractivity contribution in [3.63, 3.8) is 0 Å². The quantitative estimate of drug-likeness (QED) is 0.694. The Morgan fingerprint density at radius 2 is 2.23 bits per heavy atom. The minimum Gasteiger partial charge on any atom is -0.301 e. The third kappa shape index (κ3) is 4.14. The Bertz CT molecular complexity index is 191. The van der Waals surface area contributed by atoms with Gasteiger partial charge in [-0.05, 0) is 20.8 Å². The van der Waals surface area contributed by atoms with Crippen LogP contribution in [0.4, 0.5) is 0 Å². The monoisotopic (exact) mass is 201 g/mol. The third-order valence-electron chi connectivity index (χ3n) is 2.28. The molecule has 1 aliphatic rings. The summed E-state index contributed by atoms with van der Waals surface area (Å²) in [5.41, 5.74) is 0. The van der Waals surface area contributed by atoms with Crippen LogP contribution in [0.25, 0.3) is 0 Å². The average Bonchev–Trinajstić information content (AvgIpc) is 1.99. The minimum absolute atomic E-state index is 0.302. The molecule has 0 amide bonds. The van der Waals surface area contributed by atoms with Crippen LogP contribution < -0.4 is 0 Å². The highest BCUT2D eigenvalue weighted by Crippen LogP contribution is 2.29. The molecule has 0 atom stereocenters. The van der Waals surface area contributed by atoms with Crippen molar-refractivity contribution >= 4 is 17.5 Å². The molecule has 0 aromatic carbocycles. The molecule has 0 aliphatic carbocycles. The van der Waals surface area contributed by atoms with Crippen LogP contribution in [0, 0.1) is 0 Å². The number of Topliss-reactive ketones (excluding diaryl/α,β-unsaturated/α-hetero) is 1. The molecule has 0 N–H and O–H groups in total. The average molecular weight is 201 g/mol. The fraction of sp³-hybridized carbons (Fsp3) is 0.900. The van der Waals surface area contributed by atoms with E-state index in [0.29, 0.717) is 17.0 Å². The van der Waals surface area contributed by atoms with Gasteiger partial charge in [0.25, 0.3) is 0 Å². The van der Waals surface area contributed by atoms with Crippen LogP contribution in [0.15, 0.2) is 0 Å². The van der Waals surface area contributed by atoms with E-state index in [2.05, 4.69) is 18.7 Å². The SMILES string of the molecule is CC(=O)CCN1CCSC(C)(C)C1. The number of carbonyl (C=O) groups is 1. The molecule has 0 saturated carbocycles. The maximum Gasteiger partial charge on any atom is 0.131 e. The standard InChI is InChI=1S/C10H19NOS/c1-9(12)4-5-11-6-7-13-10(2,3)8-11/h4-8H2,1-3H3. The number of carbonyl (C=O) groups excluding carboxylic acids is 1. The lowest BCUT2D eigenvalue weighted by Gasteiger charge is -2.37. The first-order valence-corrected chi connectivity index (χ1v) is 5.84. The lowest BCUT2D eigenvalue weighted by atomic mass is 10.1. The predicted octanol–water partition coefficient (Wildman–Crippen LogP) is 1.79. The summed E-state index contributed by atoms with van der Waals surface area (Å²) in [6.07, 6.45) is 0.709. The van der Waals surface area contributed by atoms with Crippen molar-refractivity contribution in [3.8, 4) is 0 Å². The second kappa shape index (κ2) is 4.47. The van der Waals surface area contributed by atoms with Gasteiger partial charge in [0.2, 0.25) is 0 Å². The van der Waals surface area contributed by atoms with E-state index in [-0.39, 0.29) is 0 Å². The Morgan fingerprint density at radius 3 is 2.77 bits per heavy atom. The molecular formula is C10H19NOS. The van der Waals surface area contributed by atoms with Crippen LogP contribution in [0.3, 0.4) is 0 Å². The lowest BCUT2D eigenvalue weighted by Crippen LogP contribution is -2.43. The van der Waals surface area contributed by atoms with E-state index < -0.39 is 0 Å². The van der Waals surface area contributed by atoms with Crippen LogP contribution in [-0.4, -0.2) is 40.8 Å². The molecule has 2 nitrogen and oxygen atoms in total. The molecule has 0 aromatic rings. The highest BCUT2D eigenvalue weighted by atomic mass is 32.2. The van der Waals surface area contributed by atoms with E-state index in [1.165, 1.54) is 5.75 Å². The summed E-state index contributed by atoms with van der Waals surface area (Å²) in [5.74, 6) is 1.50. The summed E-state index contributed by atoms with van der Waals surface area (Å²) in [6.45, 7) is 9.42. The van der Waals surface area contributed by atoms with Gasteiger partial charge in [-0.3, -0.25) is 4.79 Å². The van der Waals surface area contributed by atoms with Crippen molar-refractivity contribution in [1.82, 2.24) is 4.90 Å². The number of nitrogens with zero attached hydrogens (tertiary/aromatic N) is 1. The highest BCUT2D eigenvalue weighted by molar-refractivity contribution is 8.00. The summed E-state index contributed by atoms with van der Waals surface area (Å²) < 4.78 is 0.370. The van der Waals surface area contributed by atoms with Gasteiger partial charge < -0.3 is 4.90 Å². The first-order valence-electron chi connectivity index (χ1n) is 4.85. The highest BCUT2D eigenvalue weighted by Gasteiger charge is 2.26. The molecule has 13 heavy (non-hydrogen) atoms. The Hall–Kier alpha value is -0.0200. The maximum absolute atomic E-state index is 10.8. The normalized spacial score (nSPS) is 23.0. The molecule has 0 aromatic heterocycles. The lowest BCUT2D eigenvalue weighted by molar-refractivity contribution is -0.117. The van der Waals surface area contributed by atoms with Crippen LogP contribution >= 0.6 is 11.8 Å². The fourth-order valence-electron chi connectivity index (χ4n) is 1.62. The van der Waals surface area contributed by atoms with Crippen LogP contribution in [-0.2, 0) is 4.79 Å². The second-order valence-electron chi connectivity index (χ2n) is 4.34. The van der Waals surface area contributed by atoms with E-state index in [1.54, 1.807) is 6.92 Å². The van der Waals surface area contributed by atoms with Crippen molar-refractivity contribution in [2.24, 2.45) is 0 Å². The van der Waals surface area contributed by atoms with Crippen molar-refractivity contribution in [1.29, 1.82) is 0 Å². The molecular weight excluding hydrogens is 182 g/mol. The van der Waals surface area contributed by atoms with Gasteiger partial charge in [0.15, 0.2) is 0 Å². The van der Waals surface area contributed by atoms with Gasteiger partial charge in [0.05, 0.1) is 0 Å². The molecule has 0 radical (unpaired) electrons. The summed E-state index contributed by atoms with van der Waals surface area (Å²) in [5, 5.41) is 0. The molecule has 1 aliphatic heterocycles. The van der Waals surface area contributed by atoms with Gasteiger partial charge in [-0.1, -0.05) is 0 Å². The Balaban J connectivity index is 2.30. The van der Waals surface area contributed by atoms with Crippen molar-refractivity contribution < 1.29 is 4.79 Å². The fourth-order valence-corrected chi connectivity index (χ4v) is 2.80. The molecule has 0 bridgehead atoms. The van der Waals surface area contributed by atoms with E-state index >= 15 is 0 Å². The summed E-state index contributed by atoms with van der Waals surface area (Å²) in [7, 11) is 0. The smallest absolute Gasteiger partial charge is 0.131 e. The minimum atomic E-state index is 0.302. The topological polar surface area (TPSA) is 20.3 Å². The van der Waals surface area contributed by atoms with Gasteiger partial charge >= 0.3 is 0 Å². The number of thioether (sulfide) groups is 1. The zero-order valence-electron chi connectivity index (χ0n) is 8.80. The molecule has 0 spiro atoms.